The van der Waals surface area contributed by atoms with Crippen molar-refractivity contribution >= 4 is 33.0 Å². The third kappa shape index (κ3) is 10.2. The van der Waals surface area contributed by atoms with Gasteiger partial charge in [-0.3, -0.25) is 0 Å². The Morgan fingerprint density at radius 2 is 0.970 bits per heavy atom. The highest BCUT2D eigenvalue weighted by molar-refractivity contribution is 9.10. The molecule has 2 unspecified atom stereocenters. The molecule has 3 aliphatic rings. The molecule has 3 aliphatic heterocycles. The minimum atomic E-state index is -4.73. The molecule has 14 heteroatoms. The molecule has 6 aromatic rings. The summed E-state index contributed by atoms with van der Waals surface area (Å²) in [5, 5.41) is 19.7. The van der Waals surface area contributed by atoms with Gasteiger partial charge in [0.15, 0.2) is 12.2 Å². The van der Waals surface area contributed by atoms with Gasteiger partial charge in [-0.1, -0.05) is 136 Å². The Morgan fingerprint density at radius 3 is 1.40 bits per heavy atom. The second-order valence-electron chi connectivity index (χ2n) is 18.2. The van der Waals surface area contributed by atoms with Crippen LogP contribution in [0.25, 0.3) is 0 Å². The zero-order valence-electron chi connectivity index (χ0n) is 36.8. The number of aliphatic hydroxyl groups is 2. The molecule has 0 spiro atoms. The number of hydrogen-bond donors (Lipinski definition) is 2. The smallest absolute Gasteiger partial charge is 0.382 e. The van der Waals surface area contributed by atoms with E-state index in [4.69, 9.17) is 0 Å². The number of fused-ring (bicyclic) bond motifs is 2. The summed E-state index contributed by atoms with van der Waals surface area (Å²) in [7, 11) is 0. The summed E-state index contributed by atoms with van der Waals surface area (Å²) < 4.78 is 107. The molecule has 3 heterocycles. The van der Waals surface area contributed by atoms with Gasteiger partial charge >= 0.3 is 12.4 Å². The molecule has 9 rings (SSSR count). The van der Waals surface area contributed by atoms with Crippen molar-refractivity contribution in [1.82, 2.24) is 0 Å². The Labute approximate surface area is 393 Å². The quantitative estimate of drug-likeness (QED) is 0.127. The molecule has 0 aliphatic carbocycles. The van der Waals surface area contributed by atoms with Crippen LogP contribution in [0.2, 0.25) is 0 Å². The number of para-hydroxylation sites is 2. The first-order chi connectivity index (χ1) is 31.7. The lowest BCUT2D eigenvalue weighted by molar-refractivity contribution is -0.200. The van der Waals surface area contributed by atoms with E-state index in [9.17, 15) is 45.3 Å². The summed E-state index contributed by atoms with van der Waals surface area (Å²) in [6.07, 6.45) is -13.2. The highest BCUT2D eigenvalue weighted by Crippen LogP contribution is 2.50. The molecule has 1 saturated heterocycles. The van der Waals surface area contributed by atoms with E-state index in [1.54, 1.807) is 32.9 Å². The maximum Gasteiger partial charge on any atom is 0.416 e. The van der Waals surface area contributed by atoms with Gasteiger partial charge in [0.1, 0.15) is 0 Å². The number of rotatable bonds is 11. The van der Waals surface area contributed by atoms with Crippen molar-refractivity contribution in [2.24, 2.45) is 0 Å². The van der Waals surface area contributed by atoms with Crippen LogP contribution in [0.3, 0.4) is 0 Å². The molecule has 0 amide bonds. The first-order valence-corrected chi connectivity index (χ1v) is 22.7. The van der Waals surface area contributed by atoms with Gasteiger partial charge < -0.3 is 24.9 Å². The number of hydrogen-bond acceptors (Lipinski definition) is 5. The summed E-state index contributed by atoms with van der Waals surface area (Å²) in [5.74, 6) is -2.69. The molecule has 0 saturated carbocycles. The van der Waals surface area contributed by atoms with E-state index in [0.717, 1.165) is 54.7 Å². The Morgan fingerprint density at radius 1 is 0.537 bits per heavy atom. The first-order valence-electron chi connectivity index (χ1n) is 21.9. The Kier molecular flexibility index (Phi) is 13.3. The van der Waals surface area contributed by atoms with E-state index < -0.39 is 54.4 Å². The van der Waals surface area contributed by atoms with Crippen molar-refractivity contribution in [2.45, 2.75) is 68.0 Å². The average Bonchev–Trinajstić information content (AvgIpc) is 3.75. The molecule has 6 aromatic carbocycles. The molecule has 2 N–H and O–H groups in total. The lowest BCUT2D eigenvalue weighted by Crippen LogP contribution is -2.56. The molecule has 5 nitrogen and oxygen atoms in total. The van der Waals surface area contributed by atoms with Crippen LogP contribution in [-0.2, 0) is 23.7 Å². The number of benzene rings is 6. The monoisotopic (exact) mass is 991 g/mol. The van der Waals surface area contributed by atoms with Gasteiger partial charge in [0, 0.05) is 45.5 Å². The van der Waals surface area contributed by atoms with Gasteiger partial charge in [0.2, 0.25) is 0 Å². The molecule has 4 atom stereocenters. The summed E-state index contributed by atoms with van der Waals surface area (Å²) in [6.45, 7) is 2.86. The zero-order valence-corrected chi connectivity index (χ0v) is 38.4. The summed E-state index contributed by atoms with van der Waals surface area (Å²) in [4.78, 5) is 4.90. The standard InChI is InChI=1S/C28H27F5N2O.C25H23BrF3NO/c1-19-6-4-8-21(12-19)26(14-20-7-5-9-22(13-20)35-17-27(29,30)18-35)16-34(15-25(36)28(31,32)33)24-11-3-2-10-23(24)26;1-17-6-4-8-19(12-17)24(14-18-7-5-9-20(26)13-18)16-30(15-23(31)25(27,28)29)22-11-3-2-10-21(22)24/h2-13,25,36H,14-18H2,1H3;2-13,23,31H,14-16H2,1H3/t25-,26?;23-,24?/m11/s1. The van der Waals surface area contributed by atoms with E-state index in [0.29, 0.717) is 30.8 Å². The average molecular weight is 993 g/mol. The number of alkyl halides is 8. The third-order valence-corrected chi connectivity index (χ3v) is 13.6. The Balaban J connectivity index is 0.000000184. The Bertz CT molecular complexity index is 2700. The normalized spacial score (nSPS) is 20.6. The fourth-order valence-corrected chi connectivity index (χ4v) is 10.5. The summed E-state index contributed by atoms with van der Waals surface area (Å²) in [5.41, 5.74) is 8.86. The van der Waals surface area contributed by atoms with Gasteiger partial charge in [-0.2, -0.15) is 26.3 Å². The first kappa shape index (κ1) is 48.0. The summed E-state index contributed by atoms with van der Waals surface area (Å²) in [6, 6.07) is 46.5. The molecule has 352 valence electrons. The van der Waals surface area contributed by atoms with E-state index in [1.165, 1.54) is 0 Å². The van der Waals surface area contributed by atoms with Gasteiger partial charge in [0.25, 0.3) is 5.92 Å². The number of aryl methyl sites for hydroxylation is 2. The molecule has 0 bridgehead atoms. The van der Waals surface area contributed by atoms with Crippen molar-refractivity contribution in [3.8, 4) is 0 Å². The van der Waals surface area contributed by atoms with Crippen LogP contribution in [0.5, 0.6) is 0 Å². The second-order valence-corrected chi connectivity index (χ2v) is 19.1. The lowest BCUT2D eigenvalue weighted by atomic mass is 9.71. The number of β-amino-alcohol motifs (C(OH)–C–C–N with tert-alkyl or cyclic N) is 2. The lowest BCUT2D eigenvalue weighted by Gasteiger charge is -2.40. The number of nitrogens with zero attached hydrogens (tertiary/aromatic N) is 3. The van der Waals surface area contributed by atoms with Gasteiger partial charge in [0.05, 0.1) is 26.2 Å². The van der Waals surface area contributed by atoms with E-state index in [1.807, 2.05) is 135 Å². The van der Waals surface area contributed by atoms with Crippen molar-refractivity contribution in [2.75, 3.05) is 54.0 Å². The number of halogens is 9. The number of anilines is 3. The van der Waals surface area contributed by atoms with Crippen LogP contribution >= 0.6 is 15.9 Å². The fraction of sp³-hybridized carbons (Fsp3) is 0.321. The van der Waals surface area contributed by atoms with E-state index >= 15 is 0 Å². The maximum absolute atomic E-state index is 13.5. The predicted octanol–water partition coefficient (Wildman–Crippen LogP) is 11.8. The van der Waals surface area contributed by atoms with E-state index in [-0.39, 0.29) is 19.6 Å². The van der Waals surface area contributed by atoms with Gasteiger partial charge in [-0.05, 0) is 96.5 Å². The van der Waals surface area contributed by atoms with Crippen molar-refractivity contribution in [1.29, 1.82) is 0 Å². The fourth-order valence-electron chi connectivity index (χ4n) is 10.0. The van der Waals surface area contributed by atoms with E-state index in [2.05, 4.69) is 22.0 Å². The zero-order chi connectivity index (χ0) is 47.9. The maximum atomic E-state index is 13.5. The summed E-state index contributed by atoms with van der Waals surface area (Å²) >= 11 is 3.53. The van der Waals surface area contributed by atoms with Gasteiger partial charge in [-0.15, -0.1) is 0 Å². The molecule has 67 heavy (non-hydrogen) atoms. The molecular weight excluding hydrogens is 942 g/mol. The second kappa shape index (κ2) is 18.6. The Hall–Kier alpha value is -5.44. The topological polar surface area (TPSA) is 50.2 Å². The van der Waals surface area contributed by atoms with Crippen LogP contribution in [0.15, 0.2) is 150 Å². The predicted molar refractivity (Wildman–Crippen MR) is 251 cm³/mol. The van der Waals surface area contributed by atoms with Crippen LogP contribution in [0.1, 0.15) is 44.5 Å². The molecule has 1 fully saturated rings. The minimum absolute atomic E-state index is 0.245. The van der Waals surface area contributed by atoms with Gasteiger partial charge in [-0.25, -0.2) is 8.78 Å². The van der Waals surface area contributed by atoms with Crippen LogP contribution < -0.4 is 14.7 Å². The van der Waals surface area contributed by atoms with Crippen molar-refractivity contribution < 1.29 is 45.3 Å². The molecule has 0 radical (unpaired) electrons. The molecule has 0 aromatic heterocycles. The molecular formula is C53H50BrF8N3O2. The SMILES string of the molecule is Cc1cccc(C2(Cc3cccc(Br)c3)CN(C[C@@H](O)C(F)(F)F)c3ccccc32)c1.Cc1cccc(C2(Cc3cccc(N4CC(F)(F)C4)c3)CN(C[C@@H](O)C(F)(F)F)c3ccccc32)c1. The van der Waals surface area contributed by atoms with Crippen LogP contribution in [-0.4, -0.2) is 80.0 Å². The van der Waals surface area contributed by atoms with Crippen molar-refractivity contribution in [3.05, 3.63) is 195 Å². The van der Waals surface area contributed by atoms with Crippen molar-refractivity contribution in [3.63, 3.8) is 0 Å². The minimum Gasteiger partial charge on any atom is -0.382 e. The number of aliphatic hydroxyl groups excluding tert-OH is 2. The largest absolute Gasteiger partial charge is 0.416 e. The third-order valence-electron chi connectivity index (χ3n) is 13.1. The van der Waals surface area contributed by atoms with Crippen LogP contribution in [0, 0.1) is 13.8 Å². The van der Waals surface area contributed by atoms with Crippen LogP contribution in [0.4, 0.5) is 52.2 Å². The highest BCUT2D eigenvalue weighted by Gasteiger charge is 2.49. The highest BCUT2D eigenvalue weighted by atomic mass is 79.9.